The lowest BCUT2D eigenvalue weighted by Gasteiger charge is -2.34. The van der Waals surface area contributed by atoms with Gasteiger partial charge in [0.25, 0.3) is 0 Å². The fourth-order valence-electron chi connectivity index (χ4n) is 3.32. The van der Waals surface area contributed by atoms with Crippen molar-refractivity contribution in [3.8, 4) is 0 Å². The summed E-state index contributed by atoms with van der Waals surface area (Å²) in [5.74, 6) is 0.157. The molecule has 0 spiro atoms. The Hall–Kier alpha value is -1.69. The molecule has 0 bridgehead atoms. The number of nitrogens with one attached hydrogen (secondary N) is 1. The molecule has 2 heterocycles. The van der Waals surface area contributed by atoms with Gasteiger partial charge < -0.3 is 10.2 Å². The summed E-state index contributed by atoms with van der Waals surface area (Å²) in [6, 6.07) is 14.8. The van der Waals surface area contributed by atoms with E-state index in [0.29, 0.717) is 6.54 Å². The molecule has 26 heavy (non-hydrogen) atoms. The molecule has 0 radical (unpaired) electrons. The molecule has 3 rings (SSSR count). The number of carbonyl (C=O) groups excluding carboxylic acids is 1. The van der Waals surface area contributed by atoms with Gasteiger partial charge in [-0.05, 0) is 36.3 Å². The van der Waals surface area contributed by atoms with Crippen LogP contribution in [-0.2, 0) is 17.6 Å². The first kappa shape index (κ1) is 19.1. The van der Waals surface area contributed by atoms with E-state index in [2.05, 4.69) is 56.9 Å². The standard InChI is InChI=1S/C21H29N3OS/c25-21(22-11-4-8-19-6-2-1-3-7-19)18-24-15-13-23(14-16-24)12-10-20-9-5-17-26-20/h1-3,5-7,9,17H,4,8,10-16,18H2,(H,22,25). The van der Waals surface area contributed by atoms with Crippen molar-refractivity contribution in [1.29, 1.82) is 0 Å². The van der Waals surface area contributed by atoms with Crippen LogP contribution in [0, 0.1) is 0 Å². The summed E-state index contributed by atoms with van der Waals surface area (Å²) in [4.78, 5) is 18.4. The molecule has 140 valence electrons. The zero-order chi connectivity index (χ0) is 18.0. The Kier molecular flexibility index (Phi) is 7.67. The van der Waals surface area contributed by atoms with E-state index in [0.717, 1.165) is 58.5 Å². The molecular formula is C21H29N3OS. The number of hydrogen-bond acceptors (Lipinski definition) is 4. The fourth-order valence-corrected chi connectivity index (χ4v) is 4.02. The van der Waals surface area contributed by atoms with E-state index in [1.54, 1.807) is 0 Å². The van der Waals surface area contributed by atoms with E-state index in [9.17, 15) is 4.79 Å². The van der Waals surface area contributed by atoms with E-state index in [1.165, 1.54) is 10.4 Å². The molecule has 5 heteroatoms. The molecule has 1 saturated heterocycles. The molecule has 1 fully saturated rings. The second-order valence-electron chi connectivity index (χ2n) is 6.89. The SMILES string of the molecule is O=C(CN1CCN(CCc2cccs2)CC1)NCCCc1ccccc1. The summed E-state index contributed by atoms with van der Waals surface area (Å²) >= 11 is 1.84. The first-order chi connectivity index (χ1) is 12.8. The number of thiophene rings is 1. The zero-order valence-corrected chi connectivity index (χ0v) is 16.2. The summed E-state index contributed by atoms with van der Waals surface area (Å²) in [5.41, 5.74) is 1.33. The van der Waals surface area contributed by atoms with Gasteiger partial charge >= 0.3 is 0 Å². The van der Waals surface area contributed by atoms with Gasteiger partial charge in [-0.25, -0.2) is 0 Å². The molecule has 1 amide bonds. The van der Waals surface area contributed by atoms with Gasteiger partial charge in [0.05, 0.1) is 6.54 Å². The van der Waals surface area contributed by atoms with Crippen molar-refractivity contribution in [2.45, 2.75) is 19.3 Å². The molecule has 4 nitrogen and oxygen atoms in total. The molecule has 0 atom stereocenters. The highest BCUT2D eigenvalue weighted by atomic mass is 32.1. The largest absolute Gasteiger partial charge is 0.355 e. The van der Waals surface area contributed by atoms with Crippen LogP contribution in [0.2, 0.25) is 0 Å². The van der Waals surface area contributed by atoms with Crippen LogP contribution in [0.15, 0.2) is 47.8 Å². The number of nitrogens with zero attached hydrogens (tertiary/aromatic N) is 2. The average Bonchev–Trinajstić information content (AvgIpc) is 3.19. The minimum absolute atomic E-state index is 0.157. The molecule has 1 aromatic carbocycles. The van der Waals surface area contributed by atoms with Crippen LogP contribution >= 0.6 is 11.3 Å². The maximum Gasteiger partial charge on any atom is 0.234 e. The van der Waals surface area contributed by atoms with Gasteiger partial charge in [0.15, 0.2) is 0 Å². The number of amides is 1. The maximum absolute atomic E-state index is 12.1. The lowest BCUT2D eigenvalue weighted by Crippen LogP contribution is -2.49. The van der Waals surface area contributed by atoms with Crippen LogP contribution < -0.4 is 5.32 Å². The van der Waals surface area contributed by atoms with Crippen molar-refractivity contribution in [2.24, 2.45) is 0 Å². The summed E-state index contributed by atoms with van der Waals surface area (Å²) < 4.78 is 0. The van der Waals surface area contributed by atoms with E-state index < -0.39 is 0 Å². The average molecular weight is 372 g/mol. The van der Waals surface area contributed by atoms with Crippen molar-refractivity contribution in [3.05, 3.63) is 58.3 Å². The number of hydrogen-bond donors (Lipinski definition) is 1. The Bertz CT molecular complexity index is 637. The number of aryl methyl sites for hydroxylation is 1. The second kappa shape index (κ2) is 10.5. The van der Waals surface area contributed by atoms with Crippen LogP contribution in [0.1, 0.15) is 16.9 Å². The van der Waals surface area contributed by atoms with Crippen LogP contribution in [-0.4, -0.2) is 61.5 Å². The van der Waals surface area contributed by atoms with Crippen LogP contribution in [0.4, 0.5) is 0 Å². The third kappa shape index (κ3) is 6.56. The Labute approximate surface area is 160 Å². The van der Waals surface area contributed by atoms with Crippen molar-refractivity contribution in [2.75, 3.05) is 45.8 Å². The molecule has 0 unspecified atom stereocenters. The third-order valence-electron chi connectivity index (χ3n) is 4.89. The highest BCUT2D eigenvalue weighted by Crippen LogP contribution is 2.11. The van der Waals surface area contributed by atoms with Gasteiger partial charge in [0, 0.05) is 44.1 Å². The van der Waals surface area contributed by atoms with Crippen molar-refractivity contribution in [1.82, 2.24) is 15.1 Å². The lowest BCUT2D eigenvalue weighted by atomic mass is 10.1. The van der Waals surface area contributed by atoms with E-state index >= 15 is 0 Å². The van der Waals surface area contributed by atoms with Crippen LogP contribution in [0.5, 0.6) is 0 Å². The van der Waals surface area contributed by atoms with Crippen LogP contribution in [0.3, 0.4) is 0 Å². The molecular weight excluding hydrogens is 342 g/mol. The number of benzene rings is 1. The predicted octanol–water partition coefficient (Wildman–Crippen LogP) is 2.66. The van der Waals surface area contributed by atoms with E-state index in [-0.39, 0.29) is 5.91 Å². The smallest absolute Gasteiger partial charge is 0.234 e. The van der Waals surface area contributed by atoms with Gasteiger partial charge in [-0.1, -0.05) is 36.4 Å². The Morgan fingerprint density at radius 3 is 2.46 bits per heavy atom. The lowest BCUT2D eigenvalue weighted by molar-refractivity contribution is -0.122. The minimum atomic E-state index is 0.157. The Morgan fingerprint density at radius 1 is 0.962 bits per heavy atom. The van der Waals surface area contributed by atoms with Gasteiger partial charge in [0.1, 0.15) is 0 Å². The monoisotopic (exact) mass is 371 g/mol. The molecule has 1 aliphatic heterocycles. The molecule has 2 aromatic rings. The summed E-state index contributed by atoms with van der Waals surface area (Å²) in [5, 5.41) is 5.21. The first-order valence-electron chi connectivity index (χ1n) is 9.57. The minimum Gasteiger partial charge on any atom is -0.355 e. The normalized spacial score (nSPS) is 15.8. The highest BCUT2D eigenvalue weighted by Gasteiger charge is 2.18. The molecule has 0 aliphatic carbocycles. The summed E-state index contributed by atoms with van der Waals surface area (Å²) in [7, 11) is 0. The Morgan fingerprint density at radius 2 is 1.73 bits per heavy atom. The Balaban J connectivity index is 1.25. The van der Waals surface area contributed by atoms with Gasteiger partial charge in [0.2, 0.25) is 5.91 Å². The van der Waals surface area contributed by atoms with Gasteiger partial charge in [-0.3, -0.25) is 9.69 Å². The predicted molar refractivity (Wildman–Crippen MR) is 109 cm³/mol. The van der Waals surface area contributed by atoms with Gasteiger partial charge in [-0.2, -0.15) is 0 Å². The topological polar surface area (TPSA) is 35.6 Å². The second-order valence-corrected chi connectivity index (χ2v) is 7.92. The van der Waals surface area contributed by atoms with Crippen LogP contribution in [0.25, 0.3) is 0 Å². The third-order valence-corrected chi connectivity index (χ3v) is 5.83. The number of piperazine rings is 1. The molecule has 1 aliphatic rings. The molecule has 1 aromatic heterocycles. The summed E-state index contributed by atoms with van der Waals surface area (Å²) in [6.45, 7) is 6.52. The molecule has 0 saturated carbocycles. The van der Waals surface area contributed by atoms with Crippen molar-refractivity contribution >= 4 is 17.2 Å². The van der Waals surface area contributed by atoms with Crippen molar-refractivity contribution in [3.63, 3.8) is 0 Å². The maximum atomic E-state index is 12.1. The molecule has 1 N–H and O–H groups in total. The highest BCUT2D eigenvalue weighted by molar-refractivity contribution is 7.09. The quantitative estimate of drug-likeness (QED) is 0.689. The zero-order valence-electron chi connectivity index (χ0n) is 15.4. The van der Waals surface area contributed by atoms with Gasteiger partial charge in [-0.15, -0.1) is 11.3 Å². The fraction of sp³-hybridized carbons (Fsp3) is 0.476. The number of rotatable bonds is 9. The van der Waals surface area contributed by atoms with E-state index in [1.807, 2.05) is 17.4 Å². The number of carbonyl (C=O) groups is 1. The van der Waals surface area contributed by atoms with E-state index in [4.69, 9.17) is 0 Å². The summed E-state index contributed by atoms with van der Waals surface area (Å²) in [6.07, 6.45) is 3.15. The first-order valence-corrected chi connectivity index (χ1v) is 10.5. The van der Waals surface area contributed by atoms with Crippen molar-refractivity contribution < 1.29 is 4.79 Å².